The summed E-state index contributed by atoms with van der Waals surface area (Å²) in [7, 11) is 0. The van der Waals surface area contributed by atoms with E-state index in [0.717, 1.165) is 10.0 Å². The van der Waals surface area contributed by atoms with Gasteiger partial charge in [-0.3, -0.25) is 9.59 Å². The molecule has 1 unspecified atom stereocenters. The fourth-order valence-electron chi connectivity index (χ4n) is 1.77. The van der Waals surface area contributed by atoms with Gasteiger partial charge in [0.15, 0.2) is 0 Å². The Balaban J connectivity index is 2.07. The summed E-state index contributed by atoms with van der Waals surface area (Å²) in [6.07, 6.45) is 0.356. The Bertz CT molecular complexity index is 474. The quantitative estimate of drug-likeness (QED) is 0.866. The van der Waals surface area contributed by atoms with E-state index in [1.54, 1.807) is 6.07 Å². The molecule has 1 atom stereocenters. The van der Waals surface area contributed by atoms with E-state index in [4.69, 9.17) is 0 Å². The van der Waals surface area contributed by atoms with Crippen molar-refractivity contribution in [3.63, 3.8) is 0 Å². The summed E-state index contributed by atoms with van der Waals surface area (Å²) in [4.78, 5) is 23.0. The van der Waals surface area contributed by atoms with Crippen molar-refractivity contribution in [2.45, 2.75) is 19.4 Å². The van der Waals surface area contributed by atoms with Crippen LogP contribution in [0.1, 0.15) is 22.3 Å². The van der Waals surface area contributed by atoms with Gasteiger partial charge >= 0.3 is 0 Å². The van der Waals surface area contributed by atoms with E-state index in [0.29, 0.717) is 18.5 Å². The van der Waals surface area contributed by atoms with Crippen molar-refractivity contribution < 1.29 is 9.59 Å². The standard InChI is InChI=1S/C12H13BrN2O2/c1-7-2-3-9(10(13)4-7)12(17)15-8-5-11(16)14-6-8/h2-4,8H,5-6H2,1H3,(H,14,16)(H,15,17). The molecule has 5 heteroatoms. The Hall–Kier alpha value is -1.36. The Kier molecular flexibility index (Phi) is 3.47. The third kappa shape index (κ3) is 2.85. The van der Waals surface area contributed by atoms with Crippen molar-refractivity contribution in [3.05, 3.63) is 33.8 Å². The predicted octanol–water partition coefficient (Wildman–Crippen LogP) is 1.38. The Morgan fingerprint density at radius 2 is 2.29 bits per heavy atom. The largest absolute Gasteiger partial charge is 0.354 e. The number of rotatable bonds is 2. The molecular weight excluding hydrogens is 284 g/mol. The van der Waals surface area contributed by atoms with Gasteiger partial charge in [-0.1, -0.05) is 6.07 Å². The van der Waals surface area contributed by atoms with Crippen LogP contribution in [0.4, 0.5) is 0 Å². The Morgan fingerprint density at radius 3 is 2.88 bits per heavy atom. The molecule has 1 aliphatic rings. The second-order valence-electron chi connectivity index (χ2n) is 4.16. The van der Waals surface area contributed by atoms with Gasteiger partial charge in [0.1, 0.15) is 0 Å². The van der Waals surface area contributed by atoms with E-state index in [1.165, 1.54) is 0 Å². The van der Waals surface area contributed by atoms with Crippen LogP contribution in [0.3, 0.4) is 0 Å². The van der Waals surface area contributed by atoms with E-state index in [-0.39, 0.29) is 17.9 Å². The van der Waals surface area contributed by atoms with Gasteiger partial charge in [0.05, 0.1) is 11.6 Å². The van der Waals surface area contributed by atoms with Gasteiger partial charge < -0.3 is 10.6 Å². The van der Waals surface area contributed by atoms with Crippen LogP contribution in [0, 0.1) is 6.92 Å². The zero-order chi connectivity index (χ0) is 12.4. The molecule has 0 aliphatic carbocycles. The van der Waals surface area contributed by atoms with Crippen LogP contribution >= 0.6 is 15.9 Å². The topological polar surface area (TPSA) is 58.2 Å². The van der Waals surface area contributed by atoms with Gasteiger partial charge in [-0.25, -0.2) is 0 Å². The number of nitrogens with one attached hydrogen (secondary N) is 2. The molecule has 0 saturated carbocycles. The average Bonchev–Trinajstić information content (AvgIpc) is 2.63. The molecule has 1 saturated heterocycles. The molecule has 2 rings (SSSR count). The lowest BCUT2D eigenvalue weighted by molar-refractivity contribution is -0.119. The molecule has 0 aromatic heterocycles. The number of carbonyl (C=O) groups is 2. The highest BCUT2D eigenvalue weighted by Gasteiger charge is 2.23. The van der Waals surface area contributed by atoms with E-state index < -0.39 is 0 Å². The SMILES string of the molecule is Cc1ccc(C(=O)NC2CNC(=O)C2)c(Br)c1. The molecule has 0 bridgehead atoms. The number of carbonyl (C=O) groups excluding carboxylic acids is 2. The second-order valence-corrected chi connectivity index (χ2v) is 5.02. The minimum absolute atomic E-state index is 0.0155. The molecule has 1 fully saturated rings. The number of hydrogen-bond acceptors (Lipinski definition) is 2. The first kappa shape index (κ1) is 12.1. The van der Waals surface area contributed by atoms with Crippen LogP contribution in [0.2, 0.25) is 0 Å². The molecule has 4 nitrogen and oxygen atoms in total. The lowest BCUT2D eigenvalue weighted by atomic mass is 10.1. The van der Waals surface area contributed by atoms with Gasteiger partial charge in [0.2, 0.25) is 5.91 Å². The number of amides is 2. The van der Waals surface area contributed by atoms with E-state index in [2.05, 4.69) is 26.6 Å². The van der Waals surface area contributed by atoms with Crippen molar-refractivity contribution in [1.29, 1.82) is 0 Å². The summed E-state index contributed by atoms with van der Waals surface area (Å²) in [6.45, 7) is 2.47. The number of hydrogen-bond donors (Lipinski definition) is 2. The van der Waals surface area contributed by atoms with Crippen molar-refractivity contribution >= 4 is 27.7 Å². The molecule has 1 aromatic carbocycles. The smallest absolute Gasteiger partial charge is 0.252 e. The van der Waals surface area contributed by atoms with Crippen LogP contribution in [-0.4, -0.2) is 24.4 Å². The molecule has 2 N–H and O–H groups in total. The van der Waals surface area contributed by atoms with Crippen LogP contribution in [0.15, 0.2) is 22.7 Å². The summed E-state index contributed by atoms with van der Waals surface area (Å²) in [5.74, 6) is -0.170. The van der Waals surface area contributed by atoms with Gasteiger partial charge in [0, 0.05) is 17.4 Å². The van der Waals surface area contributed by atoms with Crippen LogP contribution < -0.4 is 10.6 Å². The highest BCUT2D eigenvalue weighted by atomic mass is 79.9. The maximum atomic E-state index is 12.0. The third-order valence-electron chi connectivity index (χ3n) is 2.68. The molecular formula is C12H13BrN2O2. The fourth-order valence-corrected chi connectivity index (χ4v) is 2.45. The van der Waals surface area contributed by atoms with Crippen molar-refractivity contribution in [1.82, 2.24) is 10.6 Å². The fraction of sp³-hybridized carbons (Fsp3) is 0.333. The van der Waals surface area contributed by atoms with Gasteiger partial charge in [-0.2, -0.15) is 0 Å². The van der Waals surface area contributed by atoms with Gasteiger partial charge in [-0.05, 0) is 40.5 Å². The molecule has 17 heavy (non-hydrogen) atoms. The van der Waals surface area contributed by atoms with Crippen LogP contribution in [0.5, 0.6) is 0 Å². The second kappa shape index (κ2) is 4.87. The summed E-state index contributed by atoms with van der Waals surface area (Å²) in [6, 6.07) is 5.45. The first-order chi connectivity index (χ1) is 8.06. The molecule has 0 radical (unpaired) electrons. The number of halogens is 1. The lowest BCUT2D eigenvalue weighted by Gasteiger charge is -2.11. The summed E-state index contributed by atoms with van der Waals surface area (Å²) in [5.41, 5.74) is 1.68. The Morgan fingerprint density at radius 1 is 1.53 bits per heavy atom. The van der Waals surface area contributed by atoms with Crippen LogP contribution in [-0.2, 0) is 4.79 Å². The zero-order valence-corrected chi connectivity index (χ0v) is 11.0. The predicted molar refractivity (Wildman–Crippen MR) is 67.8 cm³/mol. The molecule has 1 aromatic rings. The minimum atomic E-state index is -0.154. The van der Waals surface area contributed by atoms with Gasteiger partial charge in [-0.15, -0.1) is 0 Å². The highest BCUT2D eigenvalue weighted by Crippen LogP contribution is 2.18. The number of benzene rings is 1. The van der Waals surface area contributed by atoms with Gasteiger partial charge in [0.25, 0.3) is 5.91 Å². The zero-order valence-electron chi connectivity index (χ0n) is 9.42. The van der Waals surface area contributed by atoms with E-state index in [9.17, 15) is 9.59 Å². The molecule has 1 heterocycles. The lowest BCUT2D eigenvalue weighted by Crippen LogP contribution is -2.36. The molecule has 0 spiro atoms. The maximum Gasteiger partial charge on any atom is 0.252 e. The minimum Gasteiger partial charge on any atom is -0.354 e. The molecule has 2 amide bonds. The normalized spacial score (nSPS) is 18.9. The van der Waals surface area contributed by atoms with Crippen molar-refractivity contribution in [3.8, 4) is 0 Å². The van der Waals surface area contributed by atoms with Crippen molar-refractivity contribution in [2.75, 3.05) is 6.54 Å². The Labute approximate surface area is 108 Å². The number of aryl methyl sites for hydroxylation is 1. The molecule has 1 aliphatic heterocycles. The maximum absolute atomic E-state index is 12.0. The summed E-state index contributed by atoms with van der Waals surface area (Å²) >= 11 is 3.37. The van der Waals surface area contributed by atoms with E-state index >= 15 is 0 Å². The third-order valence-corrected chi connectivity index (χ3v) is 3.34. The highest BCUT2D eigenvalue weighted by molar-refractivity contribution is 9.10. The van der Waals surface area contributed by atoms with Crippen molar-refractivity contribution in [2.24, 2.45) is 0 Å². The van der Waals surface area contributed by atoms with E-state index in [1.807, 2.05) is 19.1 Å². The summed E-state index contributed by atoms with van der Waals surface area (Å²) < 4.78 is 0.771. The average molecular weight is 297 g/mol. The first-order valence-electron chi connectivity index (χ1n) is 5.40. The summed E-state index contributed by atoms with van der Waals surface area (Å²) in [5, 5.41) is 5.52. The monoisotopic (exact) mass is 296 g/mol. The van der Waals surface area contributed by atoms with Crippen LogP contribution in [0.25, 0.3) is 0 Å². The molecule has 90 valence electrons. The first-order valence-corrected chi connectivity index (χ1v) is 6.19.